The van der Waals surface area contributed by atoms with E-state index in [-0.39, 0.29) is 11.9 Å². The van der Waals surface area contributed by atoms with Gasteiger partial charge in [0.2, 0.25) is 5.95 Å². The molecule has 4 rings (SSSR count). The molecule has 2 N–H and O–H groups in total. The number of carbonyl (C=O) groups is 1. The maximum absolute atomic E-state index is 12.6. The van der Waals surface area contributed by atoms with E-state index in [4.69, 9.17) is 0 Å². The Morgan fingerprint density at radius 3 is 2.61 bits per heavy atom. The minimum absolute atomic E-state index is 0.0413. The first-order chi connectivity index (χ1) is 13.6. The standard InChI is InChI=1S/C21H25N5OS/c1-26(2)19-11-12-22-21(25-19)24-16-9-7-15(8-10-16)23-20(27)18-13-14-5-3-4-6-17(14)28-18/h3-6,11-13,15-16H,7-10H2,1-2H3,(H,23,27)(H,22,24,25)/t15-,16+. The molecular formula is C21H25N5OS. The first-order valence-corrected chi connectivity index (χ1v) is 10.5. The van der Waals surface area contributed by atoms with Crippen LogP contribution in [0, 0.1) is 0 Å². The lowest BCUT2D eigenvalue weighted by Crippen LogP contribution is -2.40. The zero-order chi connectivity index (χ0) is 19.5. The van der Waals surface area contributed by atoms with Crippen LogP contribution < -0.4 is 15.5 Å². The fourth-order valence-corrected chi connectivity index (χ4v) is 4.55. The van der Waals surface area contributed by atoms with Crippen molar-refractivity contribution in [3.8, 4) is 0 Å². The molecule has 0 aliphatic heterocycles. The highest BCUT2D eigenvalue weighted by Gasteiger charge is 2.24. The highest BCUT2D eigenvalue weighted by atomic mass is 32.1. The van der Waals surface area contributed by atoms with Crippen molar-refractivity contribution in [3.05, 3.63) is 47.5 Å². The molecule has 28 heavy (non-hydrogen) atoms. The topological polar surface area (TPSA) is 70.2 Å². The zero-order valence-electron chi connectivity index (χ0n) is 16.2. The summed E-state index contributed by atoms with van der Waals surface area (Å²) in [6.07, 6.45) is 5.69. The molecule has 0 unspecified atom stereocenters. The van der Waals surface area contributed by atoms with Gasteiger partial charge in [-0.15, -0.1) is 11.3 Å². The lowest BCUT2D eigenvalue weighted by atomic mass is 9.91. The van der Waals surface area contributed by atoms with Crippen molar-refractivity contribution >= 4 is 39.1 Å². The van der Waals surface area contributed by atoms with Crippen LogP contribution in [0.2, 0.25) is 0 Å². The number of amides is 1. The molecule has 146 valence electrons. The van der Waals surface area contributed by atoms with E-state index in [0.29, 0.717) is 12.0 Å². The van der Waals surface area contributed by atoms with Crippen molar-refractivity contribution in [2.45, 2.75) is 37.8 Å². The molecule has 1 aliphatic carbocycles. The molecule has 1 aliphatic rings. The Morgan fingerprint density at radius 1 is 1.11 bits per heavy atom. The van der Waals surface area contributed by atoms with E-state index in [1.807, 2.05) is 49.3 Å². The van der Waals surface area contributed by atoms with Crippen LogP contribution in [-0.4, -0.2) is 42.1 Å². The molecule has 2 aromatic heterocycles. The summed E-state index contributed by atoms with van der Waals surface area (Å²) in [5.41, 5.74) is 0. The number of aromatic nitrogens is 2. The van der Waals surface area contributed by atoms with Crippen LogP contribution in [0.15, 0.2) is 42.6 Å². The minimum atomic E-state index is 0.0413. The van der Waals surface area contributed by atoms with Crippen molar-refractivity contribution < 1.29 is 4.79 Å². The number of benzene rings is 1. The van der Waals surface area contributed by atoms with E-state index in [0.717, 1.165) is 46.5 Å². The van der Waals surface area contributed by atoms with Crippen molar-refractivity contribution in [1.29, 1.82) is 0 Å². The van der Waals surface area contributed by atoms with Crippen LogP contribution in [0.4, 0.5) is 11.8 Å². The Morgan fingerprint density at radius 2 is 1.86 bits per heavy atom. The average molecular weight is 396 g/mol. The van der Waals surface area contributed by atoms with Crippen LogP contribution in [0.1, 0.15) is 35.4 Å². The number of thiophene rings is 1. The molecule has 1 fully saturated rings. The Kier molecular flexibility index (Phi) is 5.43. The molecule has 0 atom stereocenters. The summed E-state index contributed by atoms with van der Waals surface area (Å²) in [5.74, 6) is 1.60. The van der Waals surface area contributed by atoms with Crippen LogP contribution in [-0.2, 0) is 0 Å². The van der Waals surface area contributed by atoms with Gasteiger partial charge in [0.1, 0.15) is 5.82 Å². The maximum Gasteiger partial charge on any atom is 0.261 e. The van der Waals surface area contributed by atoms with Gasteiger partial charge in [0.05, 0.1) is 4.88 Å². The van der Waals surface area contributed by atoms with Gasteiger partial charge in [0, 0.05) is 37.1 Å². The normalized spacial score (nSPS) is 19.4. The van der Waals surface area contributed by atoms with Gasteiger partial charge in [-0.25, -0.2) is 4.98 Å². The van der Waals surface area contributed by atoms with E-state index in [9.17, 15) is 4.79 Å². The molecule has 1 saturated carbocycles. The number of fused-ring (bicyclic) bond motifs is 1. The van der Waals surface area contributed by atoms with Gasteiger partial charge in [0.15, 0.2) is 0 Å². The summed E-state index contributed by atoms with van der Waals surface area (Å²) in [6, 6.07) is 12.6. The number of anilines is 2. The van der Waals surface area contributed by atoms with Gasteiger partial charge in [-0.2, -0.15) is 4.98 Å². The van der Waals surface area contributed by atoms with Gasteiger partial charge in [0.25, 0.3) is 5.91 Å². The van der Waals surface area contributed by atoms with Crippen molar-refractivity contribution in [3.63, 3.8) is 0 Å². The van der Waals surface area contributed by atoms with Crippen LogP contribution in [0.3, 0.4) is 0 Å². The molecule has 0 radical (unpaired) electrons. The first kappa shape index (κ1) is 18.7. The fraction of sp³-hybridized carbons (Fsp3) is 0.381. The van der Waals surface area contributed by atoms with Gasteiger partial charge in [-0.05, 0) is 49.3 Å². The number of rotatable bonds is 5. The van der Waals surface area contributed by atoms with Gasteiger partial charge in [-0.3, -0.25) is 4.79 Å². The highest BCUT2D eigenvalue weighted by Crippen LogP contribution is 2.26. The third-order valence-corrected chi connectivity index (χ3v) is 6.26. The Hall–Kier alpha value is -2.67. The molecule has 3 aromatic rings. The summed E-state index contributed by atoms with van der Waals surface area (Å²) in [6.45, 7) is 0. The first-order valence-electron chi connectivity index (χ1n) is 9.65. The predicted octanol–water partition coefficient (Wildman–Crippen LogP) is 3.91. The largest absolute Gasteiger partial charge is 0.363 e. The molecule has 7 heteroatoms. The molecule has 0 saturated heterocycles. The van der Waals surface area contributed by atoms with Gasteiger partial charge in [-0.1, -0.05) is 18.2 Å². The molecule has 6 nitrogen and oxygen atoms in total. The predicted molar refractivity (Wildman–Crippen MR) is 115 cm³/mol. The van der Waals surface area contributed by atoms with E-state index in [1.165, 1.54) is 0 Å². The van der Waals surface area contributed by atoms with Crippen molar-refractivity contribution in [2.24, 2.45) is 0 Å². The van der Waals surface area contributed by atoms with E-state index < -0.39 is 0 Å². The molecule has 0 bridgehead atoms. The van der Waals surface area contributed by atoms with Crippen LogP contribution >= 0.6 is 11.3 Å². The highest BCUT2D eigenvalue weighted by molar-refractivity contribution is 7.20. The van der Waals surface area contributed by atoms with Crippen LogP contribution in [0.5, 0.6) is 0 Å². The average Bonchev–Trinajstić information content (AvgIpc) is 3.14. The SMILES string of the molecule is CN(C)c1ccnc(N[C@H]2CC[C@@H](NC(=O)c3cc4ccccc4s3)CC2)n1. The summed E-state index contributed by atoms with van der Waals surface area (Å²) >= 11 is 1.55. The molecule has 2 heterocycles. The summed E-state index contributed by atoms with van der Waals surface area (Å²) in [4.78, 5) is 24.2. The Balaban J connectivity index is 1.30. The van der Waals surface area contributed by atoms with E-state index >= 15 is 0 Å². The summed E-state index contributed by atoms with van der Waals surface area (Å²) < 4.78 is 1.15. The lowest BCUT2D eigenvalue weighted by molar-refractivity contribution is 0.0931. The second-order valence-electron chi connectivity index (χ2n) is 7.45. The second-order valence-corrected chi connectivity index (χ2v) is 8.53. The molecule has 0 spiro atoms. The monoisotopic (exact) mass is 395 g/mol. The Labute approximate surface area is 169 Å². The number of nitrogens with zero attached hydrogens (tertiary/aromatic N) is 3. The van der Waals surface area contributed by atoms with Gasteiger partial charge >= 0.3 is 0 Å². The van der Waals surface area contributed by atoms with Gasteiger partial charge < -0.3 is 15.5 Å². The van der Waals surface area contributed by atoms with Crippen molar-refractivity contribution in [2.75, 3.05) is 24.3 Å². The number of hydrogen-bond donors (Lipinski definition) is 2. The molecule has 1 amide bonds. The molecule has 1 aromatic carbocycles. The lowest BCUT2D eigenvalue weighted by Gasteiger charge is -2.29. The van der Waals surface area contributed by atoms with E-state index in [2.05, 4.69) is 26.7 Å². The number of nitrogens with one attached hydrogen (secondary N) is 2. The Bertz CT molecular complexity index is 929. The number of carbonyl (C=O) groups excluding carboxylic acids is 1. The van der Waals surface area contributed by atoms with Crippen molar-refractivity contribution in [1.82, 2.24) is 15.3 Å². The smallest absolute Gasteiger partial charge is 0.261 e. The second kappa shape index (κ2) is 8.14. The quantitative estimate of drug-likeness (QED) is 0.685. The minimum Gasteiger partial charge on any atom is -0.363 e. The van der Waals surface area contributed by atoms with E-state index in [1.54, 1.807) is 17.5 Å². The third-order valence-electron chi connectivity index (χ3n) is 5.14. The summed E-state index contributed by atoms with van der Waals surface area (Å²) in [5, 5.41) is 7.78. The fourth-order valence-electron chi connectivity index (χ4n) is 3.58. The number of hydrogen-bond acceptors (Lipinski definition) is 6. The summed E-state index contributed by atoms with van der Waals surface area (Å²) in [7, 11) is 3.94. The molecular weight excluding hydrogens is 370 g/mol. The van der Waals surface area contributed by atoms with Crippen LogP contribution in [0.25, 0.3) is 10.1 Å². The maximum atomic E-state index is 12.6. The third kappa shape index (κ3) is 4.25. The zero-order valence-corrected chi connectivity index (χ0v) is 17.0.